The maximum Gasteiger partial charge on any atom is 0.128 e. The molecule has 3 nitrogen and oxygen atoms in total. The van der Waals surface area contributed by atoms with Crippen molar-refractivity contribution in [3.8, 4) is 0 Å². The highest BCUT2D eigenvalue weighted by molar-refractivity contribution is 6.30. The Bertz CT molecular complexity index is 583. The SMILES string of the molecule is CCCNC(Cc1nccn1CC)c1cc(Cl)ccc1F. The van der Waals surface area contributed by atoms with Gasteiger partial charge in [0.05, 0.1) is 0 Å². The van der Waals surface area contributed by atoms with E-state index in [0.717, 1.165) is 25.3 Å². The molecule has 1 aromatic carbocycles. The van der Waals surface area contributed by atoms with Gasteiger partial charge in [-0.2, -0.15) is 0 Å². The highest BCUT2D eigenvalue weighted by Gasteiger charge is 2.18. The van der Waals surface area contributed by atoms with E-state index in [4.69, 9.17) is 11.6 Å². The Labute approximate surface area is 130 Å². The van der Waals surface area contributed by atoms with E-state index in [2.05, 4.69) is 28.7 Å². The Morgan fingerprint density at radius 2 is 2.19 bits per heavy atom. The number of rotatable bonds is 7. The van der Waals surface area contributed by atoms with Crippen LogP contribution in [-0.4, -0.2) is 16.1 Å². The molecule has 1 heterocycles. The normalized spacial score (nSPS) is 12.6. The lowest BCUT2D eigenvalue weighted by Crippen LogP contribution is -2.26. The van der Waals surface area contributed by atoms with Gasteiger partial charge < -0.3 is 9.88 Å². The molecule has 0 fully saturated rings. The van der Waals surface area contributed by atoms with Crippen LogP contribution in [0.5, 0.6) is 0 Å². The third-order valence-corrected chi connectivity index (χ3v) is 3.74. The van der Waals surface area contributed by atoms with Crippen molar-refractivity contribution in [3.05, 3.63) is 52.8 Å². The van der Waals surface area contributed by atoms with E-state index in [-0.39, 0.29) is 11.9 Å². The lowest BCUT2D eigenvalue weighted by Gasteiger charge is -2.20. The fourth-order valence-corrected chi connectivity index (χ4v) is 2.57. The highest BCUT2D eigenvalue weighted by Crippen LogP contribution is 2.24. The van der Waals surface area contributed by atoms with Crippen molar-refractivity contribution in [2.75, 3.05) is 6.54 Å². The van der Waals surface area contributed by atoms with E-state index < -0.39 is 0 Å². The van der Waals surface area contributed by atoms with Gasteiger partial charge in [-0.1, -0.05) is 18.5 Å². The molecule has 0 saturated heterocycles. The van der Waals surface area contributed by atoms with Crippen LogP contribution < -0.4 is 5.32 Å². The molecule has 0 spiro atoms. The van der Waals surface area contributed by atoms with Crippen LogP contribution in [0.25, 0.3) is 0 Å². The van der Waals surface area contributed by atoms with Crippen molar-refractivity contribution in [2.45, 2.75) is 39.3 Å². The van der Waals surface area contributed by atoms with Crippen molar-refractivity contribution >= 4 is 11.6 Å². The first-order valence-electron chi connectivity index (χ1n) is 7.34. The summed E-state index contributed by atoms with van der Waals surface area (Å²) in [6.45, 7) is 5.84. The molecule has 2 aromatic rings. The summed E-state index contributed by atoms with van der Waals surface area (Å²) in [4.78, 5) is 4.38. The molecule has 1 atom stereocenters. The van der Waals surface area contributed by atoms with Crippen LogP contribution >= 0.6 is 11.6 Å². The lowest BCUT2D eigenvalue weighted by molar-refractivity contribution is 0.481. The molecular formula is C16H21ClFN3. The average Bonchev–Trinajstić information content (AvgIpc) is 2.93. The Morgan fingerprint density at radius 3 is 2.90 bits per heavy atom. The van der Waals surface area contributed by atoms with Gasteiger partial charge in [-0.3, -0.25) is 0 Å². The summed E-state index contributed by atoms with van der Waals surface area (Å²) < 4.78 is 16.2. The summed E-state index contributed by atoms with van der Waals surface area (Å²) in [5.74, 6) is 0.716. The summed E-state index contributed by atoms with van der Waals surface area (Å²) in [5, 5.41) is 3.94. The standard InChI is InChI=1S/C16H21ClFN3/c1-3-7-19-15(11-16-20-8-9-21(16)4-2)13-10-12(17)5-6-14(13)18/h5-6,8-10,15,19H,3-4,7,11H2,1-2H3. The third kappa shape index (κ3) is 4.05. The number of hydrogen-bond acceptors (Lipinski definition) is 2. The molecule has 0 saturated carbocycles. The molecular weight excluding hydrogens is 289 g/mol. The Hall–Kier alpha value is -1.39. The number of halogens is 2. The van der Waals surface area contributed by atoms with Crippen LogP contribution in [0.2, 0.25) is 5.02 Å². The quantitative estimate of drug-likeness (QED) is 0.838. The summed E-state index contributed by atoms with van der Waals surface area (Å²) in [6, 6.07) is 4.56. The van der Waals surface area contributed by atoms with Crippen LogP contribution in [-0.2, 0) is 13.0 Å². The zero-order valence-corrected chi connectivity index (χ0v) is 13.2. The third-order valence-electron chi connectivity index (χ3n) is 3.50. The molecule has 0 bridgehead atoms. The predicted octanol–water partition coefficient (Wildman–Crippen LogP) is 3.98. The monoisotopic (exact) mass is 309 g/mol. The van der Waals surface area contributed by atoms with Gasteiger partial charge >= 0.3 is 0 Å². The number of benzene rings is 1. The molecule has 0 aliphatic rings. The van der Waals surface area contributed by atoms with Crippen molar-refractivity contribution in [1.29, 1.82) is 0 Å². The van der Waals surface area contributed by atoms with Crippen LogP contribution in [0.1, 0.15) is 37.7 Å². The van der Waals surface area contributed by atoms with Crippen molar-refractivity contribution in [1.82, 2.24) is 14.9 Å². The molecule has 0 amide bonds. The van der Waals surface area contributed by atoms with Crippen LogP contribution in [0.15, 0.2) is 30.6 Å². The van der Waals surface area contributed by atoms with E-state index in [9.17, 15) is 4.39 Å². The van der Waals surface area contributed by atoms with E-state index >= 15 is 0 Å². The van der Waals surface area contributed by atoms with E-state index in [1.807, 2.05) is 6.20 Å². The van der Waals surface area contributed by atoms with Gasteiger partial charge in [0, 0.05) is 42.0 Å². The topological polar surface area (TPSA) is 29.9 Å². The first-order chi connectivity index (χ1) is 10.2. The zero-order chi connectivity index (χ0) is 15.2. The zero-order valence-electron chi connectivity index (χ0n) is 12.4. The minimum absolute atomic E-state index is 0.128. The summed E-state index contributed by atoms with van der Waals surface area (Å²) in [7, 11) is 0. The Balaban J connectivity index is 2.27. The number of aromatic nitrogens is 2. The van der Waals surface area contributed by atoms with Gasteiger partial charge in [0.15, 0.2) is 0 Å². The fourth-order valence-electron chi connectivity index (χ4n) is 2.39. The summed E-state index contributed by atoms with van der Waals surface area (Å²) in [5.41, 5.74) is 0.599. The van der Waals surface area contributed by atoms with Crippen LogP contribution in [0.3, 0.4) is 0 Å². The van der Waals surface area contributed by atoms with Crippen molar-refractivity contribution in [3.63, 3.8) is 0 Å². The lowest BCUT2D eigenvalue weighted by atomic mass is 10.0. The molecule has 0 radical (unpaired) electrons. The molecule has 21 heavy (non-hydrogen) atoms. The molecule has 1 N–H and O–H groups in total. The van der Waals surface area contributed by atoms with Crippen molar-refractivity contribution in [2.24, 2.45) is 0 Å². The average molecular weight is 310 g/mol. The molecule has 2 rings (SSSR count). The smallest absolute Gasteiger partial charge is 0.128 e. The van der Waals surface area contributed by atoms with Gasteiger partial charge in [-0.25, -0.2) is 9.37 Å². The number of imidazole rings is 1. The van der Waals surface area contributed by atoms with Crippen LogP contribution in [0.4, 0.5) is 4.39 Å². The summed E-state index contributed by atoms with van der Waals surface area (Å²) in [6.07, 6.45) is 5.35. The first kappa shape index (κ1) is 16.0. The second kappa shape index (κ2) is 7.57. The maximum absolute atomic E-state index is 14.1. The predicted molar refractivity (Wildman–Crippen MR) is 84.0 cm³/mol. The Kier molecular flexibility index (Phi) is 5.76. The molecule has 0 aliphatic carbocycles. The molecule has 114 valence electrons. The number of hydrogen-bond donors (Lipinski definition) is 1. The Morgan fingerprint density at radius 1 is 1.38 bits per heavy atom. The van der Waals surface area contributed by atoms with Gasteiger partial charge in [-0.15, -0.1) is 0 Å². The number of aryl methyl sites for hydroxylation is 1. The molecule has 0 aliphatic heterocycles. The van der Waals surface area contributed by atoms with Gasteiger partial charge in [-0.05, 0) is 38.1 Å². The minimum atomic E-state index is -0.234. The van der Waals surface area contributed by atoms with Gasteiger partial charge in [0.1, 0.15) is 11.6 Å². The molecule has 1 aromatic heterocycles. The second-order valence-electron chi connectivity index (χ2n) is 5.01. The van der Waals surface area contributed by atoms with Crippen molar-refractivity contribution < 1.29 is 4.39 Å². The van der Waals surface area contributed by atoms with E-state index in [0.29, 0.717) is 17.0 Å². The molecule has 5 heteroatoms. The minimum Gasteiger partial charge on any atom is -0.335 e. The maximum atomic E-state index is 14.1. The number of nitrogens with zero attached hydrogens (tertiary/aromatic N) is 2. The number of nitrogens with one attached hydrogen (secondary N) is 1. The van der Waals surface area contributed by atoms with E-state index in [1.54, 1.807) is 18.3 Å². The first-order valence-corrected chi connectivity index (χ1v) is 7.71. The van der Waals surface area contributed by atoms with Crippen LogP contribution in [0, 0.1) is 5.82 Å². The van der Waals surface area contributed by atoms with E-state index in [1.165, 1.54) is 6.07 Å². The van der Waals surface area contributed by atoms with Gasteiger partial charge in [0.2, 0.25) is 0 Å². The second-order valence-corrected chi connectivity index (χ2v) is 5.44. The highest BCUT2D eigenvalue weighted by atomic mass is 35.5. The summed E-state index contributed by atoms with van der Waals surface area (Å²) >= 11 is 6.02. The molecule has 1 unspecified atom stereocenters. The van der Waals surface area contributed by atoms with Gasteiger partial charge in [0.25, 0.3) is 0 Å². The fraction of sp³-hybridized carbons (Fsp3) is 0.438. The largest absolute Gasteiger partial charge is 0.335 e.